The van der Waals surface area contributed by atoms with Crippen molar-refractivity contribution in [2.75, 3.05) is 54.1 Å². The lowest BCUT2D eigenvalue weighted by Crippen LogP contribution is -2.37. The first-order valence-electron chi connectivity index (χ1n) is 14.8. The Morgan fingerprint density at radius 1 is 0.667 bits per heavy atom. The lowest BCUT2D eigenvalue weighted by Gasteiger charge is -2.27. The van der Waals surface area contributed by atoms with Gasteiger partial charge in [0.2, 0.25) is 0 Å². The van der Waals surface area contributed by atoms with Crippen LogP contribution in [0.1, 0.15) is 122 Å². The molecule has 0 fully saturated rings. The molecule has 2 atom stereocenters. The molecule has 0 saturated carbocycles. The molecule has 0 amide bonds. The average Bonchev–Trinajstić information content (AvgIpc) is 2.80. The molecule has 1 N–H and O–H groups in total. The summed E-state index contributed by atoms with van der Waals surface area (Å²) in [7, 11) is 1.45. The molecule has 36 heavy (non-hydrogen) atoms. The van der Waals surface area contributed by atoms with E-state index in [0.717, 1.165) is 12.8 Å². The van der Waals surface area contributed by atoms with Crippen molar-refractivity contribution in [3.8, 4) is 0 Å². The Hall–Kier alpha value is -0.0100. The van der Waals surface area contributed by atoms with Gasteiger partial charge >= 0.3 is 0 Å². The molecule has 0 aromatic heterocycles. The number of phosphoric acid groups is 1. The van der Waals surface area contributed by atoms with Crippen LogP contribution in [0.2, 0.25) is 0 Å². The number of ether oxygens (including phenoxy) is 1. The summed E-state index contributed by atoms with van der Waals surface area (Å²) in [6.45, 7) is 3.17. The van der Waals surface area contributed by atoms with E-state index in [1.54, 1.807) is 0 Å². The van der Waals surface area contributed by atoms with Gasteiger partial charge in [0.25, 0.3) is 7.82 Å². The van der Waals surface area contributed by atoms with E-state index >= 15 is 0 Å². The molecule has 8 heteroatoms. The molecule has 0 rings (SSSR count). The number of likely N-dealkylation sites (N-methyl/N-ethyl adjacent to an activating group) is 1. The highest BCUT2D eigenvalue weighted by Gasteiger charge is 2.15. The summed E-state index contributed by atoms with van der Waals surface area (Å²) < 4.78 is 27.3. The van der Waals surface area contributed by atoms with Crippen molar-refractivity contribution in [2.24, 2.45) is 0 Å². The highest BCUT2D eigenvalue weighted by molar-refractivity contribution is 7.45. The van der Waals surface area contributed by atoms with Gasteiger partial charge in [0.05, 0.1) is 34.4 Å². The van der Waals surface area contributed by atoms with Crippen LogP contribution < -0.4 is 4.89 Å². The van der Waals surface area contributed by atoms with Crippen LogP contribution in [0.25, 0.3) is 0 Å². The normalized spacial score (nSPS) is 14.7. The quantitative estimate of drug-likeness (QED) is 0.0686. The molecule has 7 nitrogen and oxygen atoms in total. The predicted octanol–water partition coefficient (Wildman–Crippen LogP) is 6.61. The summed E-state index contributed by atoms with van der Waals surface area (Å²) in [5, 5.41) is 9.85. The second-order valence-corrected chi connectivity index (χ2v) is 12.7. The van der Waals surface area contributed by atoms with E-state index < -0.39 is 13.9 Å². The number of unbranched alkanes of at least 4 members (excludes halogenated alkanes) is 17. The minimum absolute atomic E-state index is 0.0518. The van der Waals surface area contributed by atoms with Gasteiger partial charge in [0.15, 0.2) is 0 Å². The summed E-state index contributed by atoms with van der Waals surface area (Å²) in [5.41, 5.74) is 0. The van der Waals surface area contributed by atoms with E-state index in [1.807, 2.05) is 21.1 Å². The number of phosphoric ester groups is 1. The summed E-state index contributed by atoms with van der Waals surface area (Å²) >= 11 is 0. The second-order valence-electron chi connectivity index (χ2n) is 11.3. The first-order chi connectivity index (χ1) is 17.2. The van der Waals surface area contributed by atoms with Gasteiger partial charge < -0.3 is 28.3 Å². The summed E-state index contributed by atoms with van der Waals surface area (Å²) in [5.74, 6) is 0. The molecule has 0 aliphatic rings. The molecule has 0 saturated heterocycles. The third-order valence-electron chi connectivity index (χ3n) is 6.39. The van der Waals surface area contributed by atoms with E-state index in [0.29, 0.717) is 17.6 Å². The van der Waals surface area contributed by atoms with Crippen molar-refractivity contribution < 1.29 is 32.8 Å². The molecule has 0 bridgehead atoms. The number of aliphatic hydroxyl groups is 1. The maximum absolute atomic E-state index is 11.7. The van der Waals surface area contributed by atoms with Crippen molar-refractivity contribution in [1.29, 1.82) is 0 Å². The Morgan fingerprint density at radius 3 is 1.50 bits per heavy atom. The van der Waals surface area contributed by atoms with Gasteiger partial charge in [-0.3, -0.25) is 4.57 Å². The zero-order valence-electron chi connectivity index (χ0n) is 24.2. The van der Waals surface area contributed by atoms with Crippen LogP contribution in [0.5, 0.6) is 0 Å². The maximum atomic E-state index is 11.7. The van der Waals surface area contributed by atoms with Gasteiger partial charge in [-0.1, -0.05) is 116 Å². The summed E-state index contributed by atoms with van der Waals surface area (Å²) in [4.78, 5) is 11.7. The number of hydrogen-bond acceptors (Lipinski definition) is 6. The third-order valence-corrected chi connectivity index (χ3v) is 7.35. The van der Waals surface area contributed by atoms with Crippen molar-refractivity contribution in [1.82, 2.24) is 0 Å². The Bertz CT molecular complexity index is 515. The first kappa shape index (κ1) is 36.0. The van der Waals surface area contributed by atoms with Crippen LogP contribution in [0.3, 0.4) is 0 Å². The highest BCUT2D eigenvalue weighted by Crippen LogP contribution is 2.38. The van der Waals surface area contributed by atoms with E-state index in [-0.39, 0.29) is 19.8 Å². The zero-order valence-corrected chi connectivity index (χ0v) is 25.1. The predicted molar refractivity (Wildman–Crippen MR) is 148 cm³/mol. The van der Waals surface area contributed by atoms with Crippen LogP contribution in [0.4, 0.5) is 0 Å². The lowest BCUT2D eigenvalue weighted by atomic mass is 10.0. The molecule has 0 aliphatic heterocycles. The second kappa shape index (κ2) is 24.1. The van der Waals surface area contributed by atoms with Crippen molar-refractivity contribution in [3.63, 3.8) is 0 Å². The Labute approximate surface area is 223 Å². The fourth-order valence-electron chi connectivity index (χ4n) is 4.01. The van der Waals surface area contributed by atoms with Gasteiger partial charge in [-0.2, -0.15) is 0 Å². The zero-order chi connectivity index (χ0) is 27.0. The molecular weight excluding hydrogens is 477 g/mol. The van der Waals surface area contributed by atoms with Crippen LogP contribution >= 0.6 is 7.82 Å². The van der Waals surface area contributed by atoms with Gasteiger partial charge in [-0.25, -0.2) is 0 Å². The fourth-order valence-corrected chi connectivity index (χ4v) is 4.75. The summed E-state index contributed by atoms with van der Waals surface area (Å²) in [6, 6.07) is 0. The molecule has 0 radical (unpaired) electrons. The van der Waals surface area contributed by atoms with Crippen LogP contribution in [-0.2, 0) is 18.3 Å². The van der Waals surface area contributed by atoms with Gasteiger partial charge in [-0.05, 0) is 6.42 Å². The van der Waals surface area contributed by atoms with Crippen LogP contribution in [-0.4, -0.2) is 69.8 Å². The average molecular weight is 538 g/mol. The Kier molecular flexibility index (Phi) is 24.1. The minimum Gasteiger partial charge on any atom is -0.756 e. The molecule has 0 aromatic carbocycles. The van der Waals surface area contributed by atoms with E-state index in [2.05, 4.69) is 6.92 Å². The molecule has 0 aromatic rings. The number of quaternary nitrogens is 1. The van der Waals surface area contributed by atoms with E-state index in [9.17, 15) is 14.6 Å². The highest BCUT2D eigenvalue weighted by atomic mass is 31.2. The SMILES string of the molecule is CCCCCCCCCCCCCCCCCCCCOC[C@@H](O)COP(=O)([O-])OCC[N+](C)(C)C. The fraction of sp³-hybridized carbons (Fsp3) is 1.00. The topological polar surface area (TPSA) is 88.0 Å². The first-order valence-corrected chi connectivity index (χ1v) is 16.3. The summed E-state index contributed by atoms with van der Waals surface area (Å²) in [6.07, 6.45) is 23.2. The minimum atomic E-state index is -4.39. The largest absolute Gasteiger partial charge is 0.756 e. The van der Waals surface area contributed by atoms with Crippen molar-refractivity contribution in [2.45, 2.75) is 129 Å². The van der Waals surface area contributed by atoms with E-state index in [4.69, 9.17) is 13.8 Å². The van der Waals surface area contributed by atoms with E-state index in [1.165, 1.54) is 103 Å². The number of aliphatic hydroxyl groups excluding tert-OH is 1. The Balaban J connectivity index is 3.34. The number of rotatable bonds is 28. The molecular formula is C28H60NO6P. The third kappa shape index (κ3) is 28.6. The number of hydrogen-bond donors (Lipinski definition) is 1. The lowest BCUT2D eigenvalue weighted by molar-refractivity contribution is -0.870. The monoisotopic (exact) mass is 537 g/mol. The van der Waals surface area contributed by atoms with Crippen LogP contribution in [0, 0.1) is 0 Å². The van der Waals surface area contributed by atoms with Crippen molar-refractivity contribution >= 4 is 7.82 Å². The van der Waals surface area contributed by atoms with Gasteiger partial charge in [0, 0.05) is 6.61 Å². The number of nitrogens with zero attached hydrogens (tertiary/aromatic N) is 1. The van der Waals surface area contributed by atoms with Gasteiger partial charge in [-0.15, -0.1) is 0 Å². The molecule has 1 unspecified atom stereocenters. The smallest absolute Gasteiger partial charge is 0.268 e. The Morgan fingerprint density at radius 2 is 1.08 bits per heavy atom. The molecule has 218 valence electrons. The standard InChI is InChI=1S/C28H60NO6P/c1-5-6-7-8-9-10-11-12-13-14-15-16-17-18-19-20-21-22-24-33-26-28(30)27-35-36(31,32)34-25-23-29(2,3)4/h28,30H,5-27H2,1-4H3/t28-/m1/s1. The van der Waals surface area contributed by atoms with Crippen molar-refractivity contribution in [3.05, 3.63) is 0 Å². The molecule has 0 spiro atoms. The molecule has 0 aliphatic carbocycles. The van der Waals surface area contributed by atoms with Crippen LogP contribution in [0.15, 0.2) is 0 Å². The van der Waals surface area contributed by atoms with Gasteiger partial charge in [0.1, 0.15) is 19.3 Å². The molecule has 0 heterocycles. The maximum Gasteiger partial charge on any atom is 0.268 e.